The number of nitrogens with two attached hydrogens (primary N) is 1. The Morgan fingerprint density at radius 3 is 2.54 bits per heavy atom. The van der Waals surface area contributed by atoms with Gasteiger partial charge in [0, 0.05) is 22.2 Å². The Balaban J connectivity index is 3.09. The van der Waals surface area contributed by atoms with Crippen LogP contribution in [0.2, 0.25) is 5.02 Å². The van der Waals surface area contributed by atoms with E-state index in [1.54, 1.807) is 18.2 Å². The van der Waals surface area contributed by atoms with Crippen LogP contribution in [0.25, 0.3) is 0 Å². The van der Waals surface area contributed by atoms with Crippen molar-refractivity contribution >= 4 is 23.1 Å². The number of hydrogen-bond acceptors (Lipinski definition) is 2. The standard InChI is InChI=1S/C10H12ClNO/c1-6(2)10(13)8-4-3-7(11)5-9(8)12/h3-6H,12H2,1-2H3. The van der Waals surface area contributed by atoms with Gasteiger partial charge in [0.15, 0.2) is 5.78 Å². The van der Waals surface area contributed by atoms with Crippen LogP contribution in [0.5, 0.6) is 0 Å². The smallest absolute Gasteiger partial charge is 0.167 e. The van der Waals surface area contributed by atoms with Crippen LogP contribution in [0.15, 0.2) is 18.2 Å². The van der Waals surface area contributed by atoms with Crippen molar-refractivity contribution in [1.82, 2.24) is 0 Å². The van der Waals surface area contributed by atoms with Crippen LogP contribution in [0.1, 0.15) is 24.2 Å². The summed E-state index contributed by atoms with van der Waals surface area (Å²) >= 11 is 5.71. The fraction of sp³-hybridized carbons (Fsp3) is 0.300. The highest BCUT2D eigenvalue weighted by molar-refractivity contribution is 6.31. The fourth-order valence-corrected chi connectivity index (χ4v) is 1.25. The first-order valence-corrected chi connectivity index (χ1v) is 4.49. The average molecular weight is 198 g/mol. The van der Waals surface area contributed by atoms with Crippen molar-refractivity contribution in [2.45, 2.75) is 13.8 Å². The normalized spacial score (nSPS) is 10.5. The molecule has 0 radical (unpaired) electrons. The molecule has 0 amide bonds. The van der Waals surface area contributed by atoms with E-state index in [-0.39, 0.29) is 11.7 Å². The molecule has 2 nitrogen and oxygen atoms in total. The molecule has 1 aromatic rings. The van der Waals surface area contributed by atoms with E-state index in [2.05, 4.69) is 0 Å². The number of carbonyl (C=O) groups is 1. The lowest BCUT2D eigenvalue weighted by molar-refractivity contribution is 0.0940. The second-order valence-corrected chi connectivity index (χ2v) is 3.69. The maximum absolute atomic E-state index is 11.6. The molecule has 0 aliphatic rings. The van der Waals surface area contributed by atoms with E-state index in [0.717, 1.165) is 0 Å². The summed E-state index contributed by atoms with van der Waals surface area (Å²) < 4.78 is 0. The largest absolute Gasteiger partial charge is 0.398 e. The molecule has 13 heavy (non-hydrogen) atoms. The number of anilines is 1. The predicted molar refractivity (Wildman–Crippen MR) is 55.0 cm³/mol. The maximum Gasteiger partial charge on any atom is 0.167 e. The Morgan fingerprint density at radius 1 is 1.46 bits per heavy atom. The number of benzene rings is 1. The molecular formula is C10H12ClNO. The third kappa shape index (κ3) is 2.22. The summed E-state index contributed by atoms with van der Waals surface area (Å²) in [4.78, 5) is 11.6. The first-order chi connectivity index (χ1) is 6.02. The van der Waals surface area contributed by atoms with Gasteiger partial charge in [0.25, 0.3) is 0 Å². The van der Waals surface area contributed by atoms with Crippen LogP contribution in [0.4, 0.5) is 5.69 Å². The van der Waals surface area contributed by atoms with Crippen LogP contribution >= 0.6 is 11.6 Å². The predicted octanol–water partition coefficient (Wildman–Crippen LogP) is 2.76. The fourth-order valence-electron chi connectivity index (χ4n) is 1.07. The summed E-state index contributed by atoms with van der Waals surface area (Å²) in [7, 11) is 0. The van der Waals surface area contributed by atoms with Crippen LogP contribution in [-0.2, 0) is 0 Å². The zero-order valence-electron chi connectivity index (χ0n) is 7.67. The summed E-state index contributed by atoms with van der Waals surface area (Å²) in [5.74, 6) is 0.0117. The number of nitrogen functional groups attached to an aromatic ring is 1. The molecule has 0 aliphatic heterocycles. The number of hydrogen-bond donors (Lipinski definition) is 1. The minimum atomic E-state index is -0.0384. The molecule has 70 valence electrons. The summed E-state index contributed by atoms with van der Waals surface area (Å²) in [6.45, 7) is 3.69. The van der Waals surface area contributed by atoms with Crippen molar-refractivity contribution < 1.29 is 4.79 Å². The van der Waals surface area contributed by atoms with Gasteiger partial charge in [-0.2, -0.15) is 0 Å². The molecule has 0 fully saturated rings. The number of ketones is 1. The van der Waals surface area contributed by atoms with Gasteiger partial charge in [-0.25, -0.2) is 0 Å². The molecule has 0 atom stereocenters. The van der Waals surface area contributed by atoms with Crippen molar-refractivity contribution in [3.8, 4) is 0 Å². The number of carbonyl (C=O) groups excluding carboxylic acids is 1. The number of Topliss-reactive ketones (excluding diaryl/α,β-unsaturated/α-hetero) is 1. The Kier molecular flexibility index (Phi) is 2.94. The molecule has 0 aliphatic carbocycles. The highest BCUT2D eigenvalue weighted by Crippen LogP contribution is 2.20. The highest BCUT2D eigenvalue weighted by Gasteiger charge is 2.13. The Hall–Kier alpha value is -1.02. The zero-order valence-corrected chi connectivity index (χ0v) is 8.43. The molecule has 0 bridgehead atoms. The summed E-state index contributed by atoms with van der Waals surface area (Å²) in [5.41, 5.74) is 6.66. The van der Waals surface area contributed by atoms with E-state index in [0.29, 0.717) is 16.3 Å². The van der Waals surface area contributed by atoms with Crippen LogP contribution in [-0.4, -0.2) is 5.78 Å². The van der Waals surface area contributed by atoms with Gasteiger partial charge in [-0.15, -0.1) is 0 Å². The topological polar surface area (TPSA) is 43.1 Å². The Bertz CT molecular complexity index is 334. The monoisotopic (exact) mass is 197 g/mol. The molecule has 0 spiro atoms. The molecule has 2 N–H and O–H groups in total. The molecular weight excluding hydrogens is 186 g/mol. The number of halogens is 1. The number of rotatable bonds is 2. The van der Waals surface area contributed by atoms with Crippen LogP contribution in [0, 0.1) is 5.92 Å². The van der Waals surface area contributed by atoms with Crippen molar-refractivity contribution in [1.29, 1.82) is 0 Å². The van der Waals surface area contributed by atoms with Gasteiger partial charge in [0.05, 0.1) is 0 Å². The van der Waals surface area contributed by atoms with E-state index >= 15 is 0 Å². The van der Waals surface area contributed by atoms with Crippen LogP contribution in [0.3, 0.4) is 0 Å². The molecule has 0 unspecified atom stereocenters. The van der Waals surface area contributed by atoms with Gasteiger partial charge in [-0.1, -0.05) is 25.4 Å². The Labute approximate surface area is 82.7 Å². The molecule has 1 aromatic carbocycles. The highest BCUT2D eigenvalue weighted by atomic mass is 35.5. The minimum Gasteiger partial charge on any atom is -0.398 e. The summed E-state index contributed by atoms with van der Waals surface area (Å²) in [6, 6.07) is 4.94. The maximum atomic E-state index is 11.6. The third-order valence-corrected chi connectivity index (χ3v) is 2.04. The van der Waals surface area contributed by atoms with E-state index in [9.17, 15) is 4.79 Å². The quantitative estimate of drug-likeness (QED) is 0.585. The zero-order chi connectivity index (χ0) is 10.0. The molecule has 0 aromatic heterocycles. The lowest BCUT2D eigenvalue weighted by Gasteiger charge is -2.07. The lowest BCUT2D eigenvalue weighted by atomic mass is 10.00. The molecule has 0 saturated carbocycles. The van der Waals surface area contributed by atoms with E-state index < -0.39 is 0 Å². The van der Waals surface area contributed by atoms with E-state index in [1.165, 1.54) is 0 Å². The SMILES string of the molecule is CC(C)C(=O)c1ccc(Cl)cc1N. The summed E-state index contributed by atoms with van der Waals surface area (Å²) in [6.07, 6.45) is 0. The van der Waals surface area contributed by atoms with Gasteiger partial charge in [0.2, 0.25) is 0 Å². The third-order valence-electron chi connectivity index (χ3n) is 1.80. The second kappa shape index (κ2) is 3.79. The van der Waals surface area contributed by atoms with Gasteiger partial charge < -0.3 is 5.73 Å². The lowest BCUT2D eigenvalue weighted by Crippen LogP contribution is -2.09. The van der Waals surface area contributed by atoms with Crippen molar-refractivity contribution in [2.24, 2.45) is 5.92 Å². The first kappa shape index (κ1) is 10.1. The molecule has 0 saturated heterocycles. The molecule has 3 heteroatoms. The minimum absolute atomic E-state index is 0.0384. The van der Waals surface area contributed by atoms with Gasteiger partial charge in [0.1, 0.15) is 0 Å². The van der Waals surface area contributed by atoms with Crippen molar-refractivity contribution in [3.05, 3.63) is 28.8 Å². The van der Waals surface area contributed by atoms with E-state index in [1.807, 2.05) is 13.8 Å². The van der Waals surface area contributed by atoms with E-state index in [4.69, 9.17) is 17.3 Å². The summed E-state index contributed by atoms with van der Waals surface area (Å²) in [5, 5.41) is 0.554. The molecule has 0 heterocycles. The van der Waals surface area contributed by atoms with Crippen molar-refractivity contribution in [2.75, 3.05) is 5.73 Å². The van der Waals surface area contributed by atoms with Gasteiger partial charge in [-0.3, -0.25) is 4.79 Å². The first-order valence-electron chi connectivity index (χ1n) is 4.11. The van der Waals surface area contributed by atoms with Gasteiger partial charge in [-0.05, 0) is 18.2 Å². The average Bonchev–Trinajstić information content (AvgIpc) is 2.03. The second-order valence-electron chi connectivity index (χ2n) is 3.25. The van der Waals surface area contributed by atoms with Crippen molar-refractivity contribution in [3.63, 3.8) is 0 Å². The molecule has 1 rings (SSSR count). The Morgan fingerprint density at radius 2 is 2.08 bits per heavy atom. The van der Waals surface area contributed by atoms with Gasteiger partial charge >= 0.3 is 0 Å². The van der Waals surface area contributed by atoms with Crippen LogP contribution < -0.4 is 5.73 Å².